The lowest BCUT2D eigenvalue weighted by molar-refractivity contribution is 0.302. The van der Waals surface area contributed by atoms with Crippen LogP contribution in [0.2, 0.25) is 0 Å². The van der Waals surface area contributed by atoms with Crippen molar-refractivity contribution in [2.45, 2.75) is 64.0 Å². The molecule has 8 nitrogen and oxygen atoms in total. The number of hydrogen-bond donors (Lipinski definition) is 2. The van der Waals surface area contributed by atoms with E-state index in [0.29, 0.717) is 34.9 Å². The minimum Gasteiger partial charge on any atom is -0.492 e. The van der Waals surface area contributed by atoms with Gasteiger partial charge in [0.05, 0.1) is 16.9 Å². The lowest BCUT2D eigenvalue weighted by atomic mass is 10.2. The number of hydrogen-bond acceptors (Lipinski definition) is 7. The SMILES string of the molecule is CCCCOc1cc2ncnc(Nc3n[nH]c(C)c3C)c2cc1S(=O)(=O)C(C)(C)C. The number of nitrogens with zero attached hydrogens (tertiary/aromatic N) is 3. The van der Waals surface area contributed by atoms with Gasteiger partial charge in [0.15, 0.2) is 15.7 Å². The highest BCUT2D eigenvalue weighted by Crippen LogP contribution is 2.37. The van der Waals surface area contributed by atoms with Crippen LogP contribution in [0.5, 0.6) is 5.75 Å². The number of rotatable bonds is 7. The maximum Gasteiger partial charge on any atom is 0.186 e. The molecule has 3 rings (SSSR count). The molecule has 0 radical (unpaired) electrons. The Morgan fingerprint density at radius 2 is 1.87 bits per heavy atom. The van der Waals surface area contributed by atoms with Crippen molar-refractivity contribution in [2.75, 3.05) is 11.9 Å². The highest BCUT2D eigenvalue weighted by Gasteiger charge is 2.34. The third-order valence-corrected chi connectivity index (χ3v) is 7.55. The van der Waals surface area contributed by atoms with Crippen LogP contribution >= 0.6 is 0 Å². The molecule has 0 spiro atoms. The minimum absolute atomic E-state index is 0.145. The van der Waals surface area contributed by atoms with Crippen molar-refractivity contribution in [3.8, 4) is 5.75 Å². The van der Waals surface area contributed by atoms with Gasteiger partial charge in [-0.25, -0.2) is 18.4 Å². The van der Waals surface area contributed by atoms with E-state index >= 15 is 0 Å². The summed E-state index contributed by atoms with van der Waals surface area (Å²) in [7, 11) is -3.66. The van der Waals surface area contributed by atoms with Crippen LogP contribution in [-0.2, 0) is 9.84 Å². The van der Waals surface area contributed by atoms with Gasteiger partial charge in [-0.15, -0.1) is 0 Å². The molecule has 2 aromatic heterocycles. The highest BCUT2D eigenvalue weighted by molar-refractivity contribution is 7.92. The zero-order valence-corrected chi connectivity index (χ0v) is 19.1. The van der Waals surface area contributed by atoms with Gasteiger partial charge < -0.3 is 10.1 Å². The number of aromatic amines is 1. The summed E-state index contributed by atoms with van der Waals surface area (Å²) in [5.74, 6) is 1.44. The number of fused-ring (bicyclic) bond motifs is 1. The summed E-state index contributed by atoms with van der Waals surface area (Å²) >= 11 is 0. The van der Waals surface area contributed by atoms with Gasteiger partial charge >= 0.3 is 0 Å². The smallest absolute Gasteiger partial charge is 0.186 e. The normalized spacial score (nSPS) is 12.3. The summed E-state index contributed by atoms with van der Waals surface area (Å²) < 4.78 is 31.5. The van der Waals surface area contributed by atoms with E-state index < -0.39 is 14.6 Å². The molecule has 0 aliphatic heterocycles. The van der Waals surface area contributed by atoms with E-state index in [2.05, 4.69) is 32.4 Å². The van der Waals surface area contributed by atoms with Gasteiger partial charge in [0, 0.05) is 22.7 Å². The summed E-state index contributed by atoms with van der Waals surface area (Å²) in [6.45, 7) is 11.4. The monoisotopic (exact) mass is 431 g/mol. The van der Waals surface area contributed by atoms with Crippen LogP contribution in [0.3, 0.4) is 0 Å². The van der Waals surface area contributed by atoms with Gasteiger partial charge in [0.25, 0.3) is 0 Å². The summed E-state index contributed by atoms with van der Waals surface area (Å²) in [4.78, 5) is 8.81. The number of aryl methyl sites for hydroxylation is 1. The van der Waals surface area contributed by atoms with Crippen LogP contribution < -0.4 is 10.1 Å². The van der Waals surface area contributed by atoms with Gasteiger partial charge in [0.1, 0.15) is 22.8 Å². The van der Waals surface area contributed by atoms with Crippen LogP contribution in [0, 0.1) is 13.8 Å². The average molecular weight is 432 g/mol. The number of H-pyrrole nitrogens is 1. The first-order chi connectivity index (χ1) is 14.1. The number of sulfone groups is 1. The van der Waals surface area contributed by atoms with Crippen LogP contribution in [0.4, 0.5) is 11.6 Å². The van der Waals surface area contributed by atoms with E-state index in [4.69, 9.17) is 4.74 Å². The molecule has 0 unspecified atom stereocenters. The Kier molecular flexibility index (Phi) is 6.03. The maximum atomic E-state index is 13.3. The van der Waals surface area contributed by atoms with Crippen molar-refractivity contribution in [1.29, 1.82) is 0 Å². The molecule has 0 saturated heterocycles. The second kappa shape index (κ2) is 8.22. The lowest BCUT2D eigenvalue weighted by Crippen LogP contribution is -2.28. The molecule has 0 amide bonds. The molecule has 2 N–H and O–H groups in total. The van der Waals surface area contributed by atoms with Gasteiger partial charge in [0.2, 0.25) is 0 Å². The van der Waals surface area contributed by atoms with E-state index in [0.717, 1.165) is 24.1 Å². The summed E-state index contributed by atoms with van der Waals surface area (Å²) in [5.41, 5.74) is 2.50. The summed E-state index contributed by atoms with van der Waals surface area (Å²) in [6, 6.07) is 3.29. The van der Waals surface area contributed by atoms with Gasteiger partial charge in [-0.1, -0.05) is 13.3 Å². The first-order valence-corrected chi connectivity index (χ1v) is 11.5. The lowest BCUT2D eigenvalue weighted by Gasteiger charge is -2.22. The molecular weight excluding hydrogens is 402 g/mol. The molecule has 0 fully saturated rings. The van der Waals surface area contributed by atoms with Gasteiger partial charge in [-0.2, -0.15) is 5.10 Å². The second-order valence-corrected chi connectivity index (χ2v) is 11.0. The molecule has 0 atom stereocenters. The van der Waals surface area contributed by atoms with Crippen molar-refractivity contribution in [1.82, 2.24) is 20.2 Å². The fourth-order valence-electron chi connectivity index (χ4n) is 2.86. The number of anilines is 2. The predicted octanol–water partition coefficient (Wildman–Crippen LogP) is 4.46. The van der Waals surface area contributed by atoms with Gasteiger partial charge in [-0.3, -0.25) is 5.10 Å². The van der Waals surface area contributed by atoms with Gasteiger partial charge in [-0.05, 0) is 47.1 Å². The second-order valence-electron chi connectivity index (χ2n) is 8.30. The first-order valence-electron chi connectivity index (χ1n) is 10.0. The van der Waals surface area contributed by atoms with Crippen LogP contribution in [0.25, 0.3) is 10.9 Å². The summed E-state index contributed by atoms with van der Waals surface area (Å²) in [6.07, 6.45) is 3.22. The quantitative estimate of drug-likeness (QED) is 0.531. The van der Waals surface area contributed by atoms with Crippen molar-refractivity contribution in [3.05, 3.63) is 29.7 Å². The number of unbranched alkanes of at least 4 members (excludes halogenated alkanes) is 1. The van der Waals surface area contributed by atoms with Crippen LogP contribution in [0.15, 0.2) is 23.4 Å². The van der Waals surface area contributed by atoms with E-state index in [9.17, 15) is 8.42 Å². The zero-order valence-electron chi connectivity index (χ0n) is 18.3. The molecule has 0 saturated carbocycles. The fraction of sp³-hybridized carbons (Fsp3) is 0.476. The molecular formula is C21H29N5O3S. The Morgan fingerprint density at radius 1 is 1.13 bits per heavy atom. The largest absolute Gasteiger partial charge is 0.492 e. The zero-order chi connectivity index (χ0) is 22.1. The molecule has 2 heterocycles. The van der Waals surface area contributed by atoms with Crippen LogP contribution in [-0.4, -0.2) is 39.9 Å². The third kappa shape index (κ3) is 4.12. The van der Waals surface area contributed by atoms with E-state index in [1.54, 1.807) is 32.9 Å². The summed E-state index contributed by atoms with van der Waals surface area (Å²) in [5, 5.41) is 11.0. The number of benzene rings is 1. The Hall–Kier alpha value is -2.68. The molecule has 9 heteroatoms. The Labute approximate surface area is 177 Å². The molecule has 30 heavy (non-hydrogen) atoms. The topological polar surface area (TPSA) is 110 Å². The van der Waals surface area contributed by atoms with E-state index in [1.165, 1.54) is 6.33 Å². The van der Waals surface area contributed by atoms with Crippen molar-refractivity contribution in [2.24, 2.45) is 0 Å². The molecule has 3 aromatic rings. The maximum absolute atomic E-state index is 13.3. The fourth-order valence-corrected chi connectivity index (χ4v) is 4.18. The number of aromatic nitrogens is 4. The Bertz CT molecular complexity index is 1160. The minimum atomic E-state index is -3.66. The molecule has 0 aliphatic carbocycles. The molecule has 0 bridgehead atoms. The Balaban J connectivity index is 2.18. The third-order valence-electron chi connectivity index (χ3n) is 5.04. The first kappa shape index (κ1) is 22.0. The highest BCUT2D eigenvalue weighted by atomic mass is 32.2. The van der Waals surface area contributed by atoms with E-state index in [1.807, 2.05) is 13.8 Å². The average Bonchev–Trinajstić information content (AvgIpc) is 2.99. The molecule has 0 aliphatic rings. The van der Waals surface area contributed by atoms with Crippen molar-refractivity contribution in [3.63, 3.8) is 0 Å². The Morgan fingerprint density at radius 3 is 2.47 bits per heavy atom. The molecule has 1 aromatic carbocycles. The predicted molar refractivity (Wildman–Crippen MR) is 118 cm³/mol. The number of ether oxygens (including phenoxy) is 1. The van der Waals surface area contributed by atoms with Crippen molar-refractivity contribution >= 4 is 32.4 Å². The van der Waals surface area contributed by atoms with E-state index in [-0.39, 0.29) is 4.90 Å². The van der Waals surface area contributed by atoms with Crippen LogP contribution in [0.1, 0.15) is 51.8 Å². The molecule has 162 valence electrons. The van der Waals surface area contributed by atoms with Crippen molar-refractivity contribution < 1.29 is 13.2 Å². The number of nitrogens with one attached hydrogen (secondary N) is 2. The standard InChI is InChI=1S/C21H29N5O3S/c1-7-8-9-29-17-11-16-15(10-18(17)30(27,28)21(4,5)6)20(23-12-22-16)24-19-13(2)14(3)25-26-19/h10-12H,7-9H2,1-6H3,(H2,22,23,24,25,26).